The number of aromatic nitrogens is 2. The summed E-state index contributed by atoms with van der Waals surface area (Å²) in [5.74, 6) is 0.0548. The zero-order chi connectivity index (χ0) is 18.5. The van der Waals surface area contributed by atoms with Crippen molar-refractivity contribution in [3.63, 3.8) is 0 Å². The van der Waals surface area contributed by atoms with Gasteiger partial charge in [0.15, 0.2) is 6.10 Å². The van der Waals surface area contributed by atoms with Gasteiger partial charge in [-0.05, 0) is 30.7 Å². The second kappa shape index (κ2) is 8.49. The Labute approximate surface area is 164 Å². The summed E-state index contributed by atoms with van der Waals surface area (Å²) in [4.78, 5) is 12.3. The van der Waals surface area contributed by atoms with Crippen LogP contribution in [-0.4, -0.2) is 22.2 Å². The number of carbonyl (C=O) groups excluding carboxylic acids is 1. The Morgan fingerprint density at radius 2 is 1.96 bits per heavy atom. The Kier molecular flexibility index (Phi) is 6.08. The van der Waals surface area contributed by atoms with Crippen LogP contribution >= 0.6 is 34.5 Å². The lowest BCUT2D eigenvalue weighted by molar-refractivity contribution is -0.122. The minimum absolute atomic E-state index is 0.335. The predicted octanol–water partition coefficient (Wildman–Crippen LogP) is 4.84. The first-order chi connectivity index (χ1) is 12.5. The van der Waals surface area contributed by atoms with Crippen LogP contribution in [-0.2, 0) is 11.2 Å². The average molecular weight is 408 g/mol. The molecule has 3 aromatic rings. The first kappa shape index (κ1) is 18.6. The molecule has 0 aliphatic heterocycles. The van der Waals surface area contributed by atoms with E-state index in [0.29, 0.717) is 27.3 Å². The molecule has 0 aliphatic rings. The number of benzene rings is 2. The zero-order valence-corrected chi connectivity index (χ0v) is 16.1. The Morgan fingerprint density at radius 1 is 1.19 bits per heavy atom. The Balaban J connectivity index is 1.59. The minimum atomic E-state index is -0.754. The highest BCUT2D eigenvalue weighted by molar-refractivity contribution is 7.15. The lowest BCUT2D eigenvalue weighted by Gasteiger charge is -2.14. The molecular formula is C18H15Cl2N3O2S. The summed E-state index contributed by atoms with van der Waals surface area (Å²) >= 11 is 13.2. The van der Waals surface area contributed by atoms with Crippen LogP contribution in [0.1, 0.15) is 17.5 Å². The normalized spacial score (nSPS) is 11.8. The summed E-state index contributed by atoms with van der Waals surface area (Å²) in [6, 6.07) is 14.8. The van der Waals surface area contributed by atoms with Crippen molar-refractivity contribution < 1.29 is 9.53 Å². The van der Waals surface area contributed by atoms with Gasteiger partial charge in [-0.15, -0.1) is 10.2 Å². The topological polar surface area (TPSA) is 64.1 Å². The molecule has 0 bridgehead atoms. The summed E-state index contributed by atoms with van der Waals surface area (Å²) in [5, 5.41) is 12.9. The van der Waals surface area contributed by atoms with E-state index >= 15 is 0 Å². The van der Waals surface area contributed by atoms with E-state index in [9.17, 15) is 4.79 Å². The van der Waals surface area contributed by atoms with Gasteiger partial charge in [0.05, 0.1) is 5.02 Å². The molecule has 0 saturated carbocycles. The maximum absolute atomic E-state index is 12.3. The molecule has 0 aliphatic carbocycles. The van der Waals surface area contributed by atoms with Gasteiger partial charge in [-0.3, -0.25) is 10.1 Å². The van der Waals surface area contributed by atoms with Crippen LogP contribution in [0, 0.1) is 0 Å². The van der Waals surface area contributed by atoms with Crippen molar-refractivity contribution in [1.29, 1.82) is 0 Å². The van der Waals surface area contributed by atoms with Gasteiger partial charge >= 0.3 is 0 Å². The molecule has 1 aromatic heterocycles. The van der Waals surface area contributed by atoms with Crippen molar-refractivity contribution in [2.24, 2.45) is 0 Å². The number of nitrogens with one attached hydrogen (secondary N) is 1. The van der Waals surface area contributed by atoms with Gasteiger partial charge in [-0.25, -0.2) is 0 Å². The van der Waals surface area contributed by atoms with Gasteiger partial charge < -0.3 is 4.74 Å². The van der Waals surface area contributed by atoms with Gasteiger partial charge in [0, 0.05) is 11.4 Å². The van der Waals surface area contributed by atoms with Gasteiger partial charge in [-0.2, -0.15) is 0 Å². The van der Waals surface area contributed by atoms with Gasteiger partial charge in [0.25, 0.3) is 5.91 Å². The average Bonchev–Trinajstić information content (AvgIpc) is 3.05. The number of ether oxygens (including phenoxy) is 1. The molecule has 1 heterocycles. The number of anilines is 1. The highest BCUT2D eigenvalue weighted by atomic mass is 35.5. The van der Waals surface area contributed by atoms with Crippen molar-refractivity contribution in [3.05, 3.63) is 69.1 Å². The molecule has 5 nitrogen and oxygen atoms in total. The molecule has 8 heteroatoms. The molecule has 26 heavy (non-hydrogen) atoms. The van der Waals surface area contributed by atoms with E-state index in [1.807, 2.05) is 30.3 Å². The summed E-state index contributed by atoms with van der Waals surface area (Å²) in [6.45, 7) is 1.63. The molecule has 0 spiro atoms. The van der Waals surface area contributed by atoms with Crippen LogP contribution in [0.3, 0.4) is 0 Å². The number of halogens is 2. The Morgan fingerprint density at radius 3 is 2.69 bits per heavy atom. The molecular weight excluding hydrogens is 393 g/mol. The Hall–Kier alpha value is -2.15. The van der Waals surface area contributed by atoms with Crippen LogP contribution < -0.4 is 10.1 Å². The number of carbonyl (C=O) groups is 1. The standard InChI is InChI=1S/C18H15Cl2N3O2S/c1-11(25-15-8-7-13(19)10-14(15)20)17(24)21-18-23-22-16(26-18)9-12-5-3-2-4-6-12/h2-8,10-11H,9H2,1H3,(H,21,23,24)/t11-/m0/s1. The van der Waals surface area contributed by atoms with E-state index in [1.54, 1.807) is 25.1 Å². The number of nitrogens with zero attached hydrogens (tertiary/aromatic N) is 2. The molecule has 134 valence electrons. The molecule has 1 atom stereocenters. The van der Waals surface area contributed by atoms with E-state index in [4.69, 9.17) is 27.9 Å². The largest absolute Gasteiger partial charge is 0.479 e. The second-order valence-corrected chi connectivity index (χ2v) is 7.39. The van der Waals surface area contributed by atoms with E-state index in [1.165, 1.54) is 11.3 Å². The molecule has 0 saturated heterocycles. The van der Waals surface area contributed by atoms with Crippen LogP contribution in [0.4, 0.5) is 5.13 Å². The highest BCUT2D eigenvalue weighted by Crippen LogP contribution is 2.28. The third-order valence-electron chi connectivity index (χ3n) is 3.46. The first-order valence-electron chi connectivity index (χ1n) is 7.80. The van der Waals surface area contributed by atoms with Crippen LogP contribution in [0.15, 0.2) is 48.5 Å². The zero-order valence-electron chi connectivity index (χ0n) is 13.8. The highest BCUT2D eigenvalue weighted by Gasteiger charge is 2.18. The van der Waals surface area contributed by atoms with Gasteiger partial charge in [-0.1, -0.05) is 64.9 Å². The van der Waals surface area contributed by atoms with Crippen molar-refractivity contribution >= 4 is 45.6 Å². The molecule has 2 aromatic carbocycles. The fraction of sp³-hybridized carbons (Fsp3) is 0.167. The maximum atomic E-state index is 12.3. The number of amides is 1. The number of rotatable bonds is 6. The number of hydrogen-bond acceptors (Lipinski definition) is 5. The van der Waals surface area contributed by atoms with E-state index in [2.05, 4.69) is 15.5 Å². The maximum Gasteiger partial charge on any atom is 0.266 e. The quantitative estimate of drug-likeness (QED) is 0.634. The van der Waals surface area contributed by atoms with Crippen LogP contribution in [0.2, 0.25) is 10.0 Å². The fourth-order valence-corrected chi connectivity index (χ4v) is 3.40. The summed E-state index contributed by atoms with van der Waals surface area (Å²) in [7, 11) is 0. The monoisotopic (exact) mass is 407 g/mol. The van der Waals surface area contributed by atoms with Crippen LogP contribution in [0.5, 0.6) is 5.75 Å². The minimum Gasteiger partial charge on any atom is -0.479 e. The molecule has 0 fully saturated rings. The third kappa shape index (κ3) is 4.94. The van der Waals surface area contributed by atoms with E-state index in [0.717, 1.165) is 10.6 Å². The van der Waals surface area contributed by atoms with Gasteiger partial charge in [0.1, 0.15) is 10.8 Å². The van der Waals surface area contributed by atoms with Crippen molar-refractivity contribution in [3.8, 4) is 5.75 Å². The van der Waals surface area contributed by atoms with E-state index in [-0.39, 0.29) is 5.91 Å². The van der Waals surface area contributed by atoms with Crippen molar-refractivity contribution in [2.45, 2.75) is 19.4 Å². The second-order valence-electron chi connectivity index (χ2n) is 5.49. The molecule has 0 unspecified atom stereocenters. The SMILES string of the molecule is C[C@H](Oc1ccc(Cl)cc1Cl)C(=O)Nc1nnc(Cc2ccccc2)s1. The molecule has 3 rings (SSSR count). The number of hydrogen-bond donors (Lipinski definition) is 1. The third-order valence-corrected chi connectivity index (χ3v) is 4.83. The van der Waals surface area contributed by atoms with Crippen LogP contribution in [0.25, 0.3) is 0 Å². The molecule has 1 amide bonds. The first-order valence-corrected chi connectivity index (χ1v) is 9.37. The smallest absolute Gasteiger partial charge is 0.266 e. The molecule has 0 radical (unpaired) electrons. The molecule has 1 N–H and O–H groups in total. The van der Waals surface area contributed by atoms with Crippen molar-refractivity contribution in [2.75, 3.05) is 5.32 Å². The summed E-state index contributed by atoms with van der Waals surface area (Å²) in [5.41, 5.74) is 1.13. The van der Waals surface area contributed by atoms with Crippen molar-refractivity contribution in [1.82, 2.24) is 10.2 Å². The summed E-state index contributed by atoms with van der Waals surface area (Å²) < 4.78 is 5.59. The van der Waals surface area contributed by atoms with Gasteiger partial charge in [0.2, 0.25) is 5.13 Å². The predicted molar refractivity (Wildman–Crippen MR) is 104 cm³/mol. The lowest BCUT2D eigenvalue weighted by atomic mass is 10.2. The fourth-order valence-electron chi connectivity index (χ4n) is 2.17. The van der Waals surface area contributed by atoms with E-state index < -0.39 is 6.10 Å². The Bertz CT molecular complexity index is 902. The lowest BCUT2D eigenvalue weighted by Crippen LogP contribution is -2.30. The summed E-state index contributed by atoms with van der Waals surface area (Å²) in [6.07, 6.45) is -0.0870.